The first kappa shape index (κ1) is 42.1. The van der Waals surface area contributed by atoms with E-state index in [-0.39, 0.29) is 34.2 Å². The molecule has 26 heteroatoms. The number of halogens is 2. The third kappa shape index (κ3) is 8.63. The van der Waals surface area contributed by atoms with E-state index in [1.165, 1.54) is 41.2 Å². The molecule has 3 aliphatic heterocycles. The number of phosphoric acid groups is 1. The van der Waals surface area contributed by atoms with Crippen LogP contribution in [0.1, 0.15) is 35.4 Å². The van der Waals surface area contributed by atoms with Crippen molar-refractivity contribution in [3.63, 3.8) is 0 Å². The number of aliphatic hydroxyl groups excluding tert-OH is 1. The van der Waals surface area contributed by atoms with Gasteiger partial charge in [-0.1, -0.05) is 12.1 Å². The van der Waals surface area contributed by atoms with Crippen LogP contribution in [0.4, 0.5) is 14.6 Å². The summed E-state index contributed by atoms with van der Waals surface area (Å²) in [6.45, 7) is -4.80. The average Bonchev–Trinajstić information content (AvgIpc) is 3.86. The molecule has 3 saturated heterocycles. The van der Waals surface area contributed by atoms with Crippen molar-refractivity contribution in [3.8, 4) is 11.5 Å². The van der Waals surface area contributed by atoms with E-state index in [1.807, 2.05) is 4.98 Å². The number of nitrogens with zero attached hydrogens (tertiary/aromatic N) is 5. The molecule has 8 rings (SSSR count). The quantitative estimate of drug-likeness (QED) is 0.110. The van der Waals surface area contributed by atoms with E-state index >= 15 is 8.78 Å². The van der Waals surface area contributed by atoms with Crippen LogP contribution in [0.15, 0.2) is 77.0 Å². The van der Waals surface area contributed by atoms with Crippen molar-refractivity contribution >= 4 is 43.0 Å². The molecule has 11 atom stereocenters. The number of nitrogens with one attached hydrogen (secondary N) is 1. The number of hydrogen-bond acceptors (Lipinski definition) is 18. The molecule has 60 heavy (non-hydrogen) atoms. The summed E-state index contributed by atoms with van der Waals surface area (Å²) in [4.78, 5) is 49.2. The summed E-state index contributed by atoms with van der Waals surface area (Å²) in [5, 5.41) is 20.4. The number of nitrogen functional groups attached to an aromatic ring is 1. The number of aromatic nitrogens is 6. The van der Waals surface area contributed by atoms with Gasteiger partial charge in [-0.3, -0.25) is 37.0 Å². The number of imidazole rings is 1. The van der Waals surface area contributed by atoms with Gasteiger partial charge in [-0.15, -0.1) is 0 Å². The zero-order valence-electron chi connectivity index (χ0n) is 30.9. The number of nitrogens with two attached hydrogens (primary N) is 1. The smallest absolute Gasteiger partial charge is 0.472 e. The number of hydrogen-bond donors (Lipinski definition) is 5. The van der Waals surface area contributed by atoms with Crippen LogP contribution >= 0.6 is 26.0 Å². The number of anilines is 1. The number of phenolic OH excluding ortho intramolecular Hbond substituents is 1. The highest BCUT2D eigenvalue weighted by Crippen LogP contribution is 2.65. The Labute approximate surface area is 340 Å². The molecule has 2 aromatic carbocycles. The highest BCUT2D eigenvalue weighted by molar-refractivity contribution is 8.54. The molecule has 0 saturated carbocycles. The van der Waals surface area contributed by atoms with E-state index in [2.05, 4.69) is 15.0 Å². The third-order valence-electron chi connectivity index (χ3n) is 9.70. The van der Waals surface area contributed by atoms with Gasteiger partial charge in [-0.25, -0.2) is 37.7 Å². The molecule has 0 aliphatic carbocycles. The highest BCUT2D eigenvalue weighted by Gasteiger charge is 2.55. The molecule has 320 valence electrons. The number of H-pyrrole nitrogens is 1. The number of aromatic amines is 1. The Kier molecular flexibility index (Phi) is 11.7. The summed E-state index contributed by atoms with van der Waals surface area (Å²) in [6.07, 6.45) is -13.2. The number of aliphatic hydroxyl groups is 1. The number of rotatable bonds is 8. The number of aromatic hydroxyl groups is 1. The van der Waals surface area contributed by atoms with Gasteiger partial charge in [-0.05, 0) is 59.8 Å². The second-order valence-electron chi connectivity index (χ2n) is 13.7. The van der Waals surface area contributed by atoms with Crippen molar-refractivity contribution in [2.75, 3.05) is 18.9 Å². The Morgan fingerprint density at radius 3 is 2.47 bits per heavy atom. The lowest BCUT2D eigenvalue weighted by Gasteiger charge is -2.27. The minimum absolute atomic E-state index is 0.0166. The predicted molar refractivity (Wildman–Crippen MR) is 204 cm³/mol. The zero-order chi connectivity index (χ0) is 42.5. The standard InChI is InChI=1S/C34H35F2N7O14P2S/c1-16-10-18(44)4-7-20(16)33(46)53-19-5-2-17(3-6-19)13-60-59(50)52-12-22-27(25(36)31(55-22)42-9-8-23(45)41-34(42)47)56-58(48,49)51-11-21-24(35)28(57-59)32(54-21)43-15-40-26-29(37)38-14-39-30(26)43/h2-10,14-15,21-22,24-25,27-28,31-33,44,46H,11-13H2,1H3,(H,48,49)(H2,37,38,39)(H,41,45,47)/t21-,22-,24-,25-,27-,28-,31-,32-,33?,59+/m1/s1. The molecule has 21 nitrogen and oxygen atoms in total. The first-order valence-electron chi connectivity index (χ1n) is 17.9. The number of ether oxygens (including phenoxy) is 3. The largest absolute Gasteiger partial charge is 0.508 e. The first-order valence-corrected chi connectivity index (χ1v) is 22.5. The zero-order valence-corrected chi connectivity index (χ0v) is 33.5. The second-order valence-corrected chi connectivity index (χ2v) is 19.1. The molecule has 3 fully saturated rings. The SMILES string of the molecule is Cc1cc(O)ccc1C(O)Oc1ccc(CS[P@@]2(=O)OC[C@H]3O[C@@H](n4ccc(=O)[nH]c4=O)[C@H](F)[C@@H]3OP(=O)(O)OC[C@H]3O[C@@H](n4cnc5c(N)ncnc54)[C@H](O2)[C@@H]3F)cc1. The normalized spacial score (nSPS) is 31.5. The van der Waals surface area contributed by atoms with E-state index in [0.29, 0.717) is 32.6 Å². The number of phenols is 1. The predicted octanol–water partition coefficient (Wildman–Crippen LogP) is 3.47. The molecule has 3 aromatic heterocycles. The Hall–Kier alpha value is -4.58. The van der Waals surface area contributed by atoms with E-state index in [4.69, 9.17) is 38.0 Å². The fourth-order valence-electron chi connectivity index (χ4n) is 6.74. The molecule has 3 aliphatic rings. The van der Waals surface area contributed by atoms with Gasteiger partial charge in [-0.2, -0.15) is 0 Å². The maximum absolute atomic E-state index is 16.5. The van der Waals surface area contributed by atoms with Gasteiger partial charge >= 0.3 is 20.3 Å². The first-order chi connectivity index (χ1) is 28.6. The molecule has 0 spiro atoms. The van der Waals surface area contributed by atoms with Crippen LogP contribution in [0.5, 0.6) is 11.5 Å². The fourth-order valence-corrected chi connectivity index (χ4v) is 11.0. The van der Waals surface area contributed by atoms with Crippen molar-refractivity contribution in [2.24, 2.45) is 0 Å². The van der Waals surface area contributed by atoms with Gasteiger partial charge in [0.25, 0.3) is 5.56 Å². The van der Waals surface area contributed by atoms with E-state index in [0.717, 1.165) is 18.6 Å². The average molecular weight is 898 g/mol. The summed E-state index contributed by atoms with van der Waals surface area (Å²) in [6, 6.07) is 11.5. The summed E-state index contributed by atoms with van der Waals surface area (Å²) < 4.78 is 102. The number of aryl methyl sites for hydroxylation is 1. The van der Waals surface area contributed by atoms with Crippen LogP contribution in [0.25, 0.3) is 11.2 Å². The topological polar surface area (TPSA) is 284 Å². The van der Waals surface area contributed by atoms with Gasteiger partial charge in [0.05, 0.1) is 19.5 Å². The van der Waals surface area contributed by atoms with Crippen LogP contribution in [0, 0.1) is 6.92 Å². The molecule has 0 radical (unpaired) electrons. The molecular formula is C34H35F2N7O14P2S. The highest BCUT2D eigenvalue weighted by atomic mass is 32.7. The fraction of sp³-hybridized carbons (Fsp3) is 0.382. The molecule has 0 amide bonds. The van der Waals surface area contributed by atoms with E-state index in [9.17, 15) is 33.8 Å². The van der Waals surface area contributed by atoms with Gasteiger partial charge in [0.15, 0.2) is 36.3 Å². The van der Waals surface area contributed by atoms with Gasteiger partial charge < -0.3 is 35.1 Å². The van der Waals surface area contributed by atoms with Gasteiger partial charge in [0, 0.05) is 23.6 Å². The summed E-state index contributed by atoms with van der Waals surface area (Å²) in [7, 11) is -5.28. The number of benzene rings is 2. The lowest BCUT2D eigenvalue weighted by atomic mass is 10.1. The van der Waals surface area contributed by atoms with Crippen molar-refractivity contribution in [1.82, 2.24) is 29.1 Å². The van der Waals surface area contributed by atoms with Crippen molar-refractivity contribution in [1.29, 1.82) is 0 Å². The summed E-state index contributed by atoms with van der Waals surface area (Å²) in [5.74, 6) is 0.144. The van der Waals surface area contributed by atoms with E-state index in [1.54, 1.807) is 19.1 Å². The summed E-state index contributed by atoms with van der Waals surface area (Å²) in [5.41, 5.74) is 5.81. The Balaban J connectivity index is 1.09. The number of fused-ring (bicyclic) bond motifs is 4. The third-order valence-corrected chi connectivity index (χ3v) is 14.3. The Bertz CT molecular complexity index is 2610. The molecular weight excluding hydrogens is 862 g/mol. The van der Waals surface area contributed by atoms with Crippen LogP contribution in [0.2, 0.25) is 0 Å². The van der Waals surface area contributed by atoms with E-state index < -0.39 is 94.6 Å². The van der Waals surface area contributed by atoms with Crippen molar-refractivity contribution < 1.29 is 65.3 Å². The van der Waals surface area contributed by atoms with Crippen molar-refractivity contribution in [2.45, 2.75) is 68.2 Å². The van der Waals surface area contributed by atoms with Crippen molar-refractivity contribution in [3.05, 3.63) is 105 Å². The lowest BCUT2D eigenvalue weighted by molar-refractivity contribution is -0.0620. The minimum atomic E-state index is -5.28. The number of phosphoric ester groups is 1. The molecule has 6 heterocycles. The number of alkyl halides is 2. The monoisotopic (exact) mass is 897 g/mol. The maximum atomic E-state index is 16.5. The van der Waals surface area contributed by atoms with Crippen LogP contribution in [0.3, 0.4) is 0 Å². The second kappa shape index (κ2) is 16.7. The van der Waals surface area contributed by atoms with Crippen LogP contribution < -0.4 is 21.7 Å². The molecule has 6 N–H and O–H groups in total. The molecule has 2 bridgehead atoms. The maximum Gasteiger partial charge on any atom is 0.472 e. The summed E-state index contributed by atoms with van der Waals surface area (Å²) >= 11 is 0.594. The van der Waals surface area contributed by atoms with Crippen LogP contribution in [-0.2, 0) is 42.5 Å². The minimum Gasteiger partial charge on any atom is -0.508 e. The lowest BCUT2D eigenvalue weighted by Crippen LogP contribution is -2.36. The molecule has 2 unspecified atom stereocenters. The van der Waals surface area contributed by atoms with Gasteiger partial charge in [0.1, 0.15) is 47.8 Å². The van der Waals surface area contributed by atoms with Gasteiger partial charge in [0.2, 0.25) is 6.29 Å². The Morgan fingerprint density at radius 1 is 0.967 bits per heavy atom. The van der Waals surface area contributed by atoms with Crippen LogP contribution in [-0.4, -0.2) is 94.1 Å². The Morgan fingerprint density at radius 2 is 1.72 bits per heavy atom. The molecule has 5 aromatic rings.